The summed E-state index contributed by atoms with van der Waals surface area (Å²) in [7, 11) is 6.47. The van der Waals surface area contributed by atoms with Gasteiger partial charge in [-0.2, -0.15) is 0 Å². The third-order valence-electron chi connectivity index (χ3n) is 2.40. The maximum Gasteiger partial charge on any atom is 0.241 e. The second-order valence-corrected chi connectivity index (χ2v) is 4.24. The molecule has 0 fully saturated rings. The molecule has 0 bridgehead atoms. The van der Waals surface area contributed by atoms with Gasteiger partial charge in [-0.05, 0) is 6.07 Å². The second kappa shape index (κ2) is 6.35. The molecule has 1 rings (SSSR count). The van der Waals surface area contributed by atoms with E-state index in [0.717, 1.165) is 0 Å². The molecule has 1 aromatic carbocycles. The van der Waals surface area contributed by atoms with Crippen molar-refractivity contribution in [1.29, 1.82) is 0 Å². The molecule has 0 heterocycles. The van der Waals surface area contributed by atoms with Gasteiger partial charge in [0.15, 0.2) is 0 Å². The summed E-state index contributed by atoms with van der Waals surface area (Å²) in [5, 5.41) is 3.44. The molecule has 0 aliphatic carbocycles. The summed E-state index contributed by atoms with van der Waals surface area (Å²) in [5.41, 5.74) is 0.651. The van der Waals surface area contributed by atoms with E-state index in [1.165, 1.54) is 12.0 Å². The van der Waals surface area contributed by atoms with Gasteiger partial charge in [0.1, 0.15) is 11.5 Å². The van der Waals surface area contributed by atoms with Gasteiger partial charge in [0.05, 0.1) is 31.5 Å². The standard InChI is InChI=1S/C12H17ClN2O3/c1-15(2)12(16)7-14-9-5-8(13)10(17-3)6-11(9)18-4/h5-6,14H,7H2,1-4H3. The molecule has 5 nitrogen and oxygen atoms in total. The van der Waals surface area contributed by atoms with Crippen LogP contribution in [0.25, 0.3) is 0 Å². The highest BCUT2D eigenvalue weighted by Crippen LogP contribution is 2.35. The number of likely N-dealkylation sites (N-methyl/N-ethyl adjacent to an activating group) is 1. The molecule has 1 N–H and O–H groups in total. The molecular weight excluding hydrogens is 256 g/mol. The number of anilines is 1. The Morgan fingerprint density at radius 1 is 1.28 bits per heavy atom. The topological polar surface area (TPSA) is 50.8 Å². The maximum absolute atomic E-state index is 11.5. The average Bonchev–Trinajstić information content (AvgIpc) is 2.35. The van der Waals surface area contributed by atoms with Crippen LogP contribution in [-0.2, 0) is 4.79 Å². The molecular formula is C12H17ClN2O3. The van der Waals surface area contributed by atoms with Gasteiger partial charge in [0, 0.05) is 20.2 Å². The third kappa shape index (κ3) is 3.43. The van der Waals surface area contributed by atoms with E-state index in [4.69, 9.17) is 21.1 Å². The quantitative estimate of drug-likeness (QED) is 0.889. The first-order valence-corrected chi connectivity index (χ1v) is 5.73. The predicted octanol–water partition coefficient (Wildman–Crippen LogP) is 1.86. The van der Waals surface area contributed by atoms with Gasteiger partial charge in [-0.3, -0.25) is 4.79 Å². The zero-order chi connectivity index (χ0) is 13.7. The lowest BCUT2D eigenvalue weighted by atomic mass is 10.2. The zero-order valence-electron chi connectivity index (χ0n) is 10.9. The maximum atomic E-state index is 11.5. The molecule has 0 saturated heterocycles. The first-order valence-electron chi connectivity index (χ1n) is 5.35. The highest BCUT2D eigenvalue weighted by atomic mass is 35.5. The Kier molecular flexibility index (Phi) is 5.09. The van der Waals surface area contributed by atoms with Crippen LogP contribution in [0.4, 0.5) is 5.69 Å². The van der Waals surface area contributed by atoms with Crippen molar-refractivity contribution < 1.29 is 14.3 Å². The van der Waals surface area contributed by atoms with Crippen molar-refractivity contribution in [1.82, 2.24) is 4.90 Å². The Labute approximate surface area is 112 Å². The van der Waals surface area contributed by atoms with Crippen molar-refractivity contribution in [3.63, 3.8) is 0 Å². The number of carbonyl (C=O) groups excluding carboxylic acids is 1. The van der Waals surface area contributed by atoms with E-state index in [9.17, 15) is 4.79 Å². The molecule has 0 spiro atoms. The van der Waals surface area contributed by atoms with Crippen LogP contribution >= 0.6 is 11.6 Å². The van der Waals surface area contributed by atoms with Gasteiger partial charge in [-0.15, -0.1) is 0 Å². The number of nitrogens with one attached hydrogen (secondary N) is 1. The number of nitrogens with zero attached hydrogens (tertiary/aromatic N) is 1. The number of ether oxygens (including phenoxy) is 2. The molecule has 0 unspecified atom stereocenters. The first-order chi connectivity index (χ1) is 8.49. The number of halogens is 1. The largest absolute Gasteiger partial charge is 0.495 e. The van der Waals surface area contributed by atoms with Crippen LogP contribution in [-0.4, -0.2) is 45.7 Å². The Balaban J connectivity index is 2.88. The smallest absolute Gasteiger partial charge is 0.241 e. The fraction of sp³-hybridized carbons (Fsp3) is 0.417. The Bertz CT molecular complexity index is 436. The minimum Gasteiger partial charge on any atom is -0.495 e. The number of methoxy groups -OCH3 is 2. The van der Waals surface area contributed by atoms with Crippen LogP contribution in [0, 0.1) is 0 Å². The van der Waals surface area contributed by atoms with E-state index in [1.54, 1.807) is 33.3 Å². The van der Waals surface area contributed by atoms with E-state index in [1.807, 2.05) is 0 Å². The van der Waals surface area contributed by atoms with E-state index in [-0.39, 0.29) is 12.5 Å². The summed E-state index contributed by atoms with van der Waals surface area (Å²) in [5.74, 6) is 1.06. The number of amides is 1. The minimum absolute atomic E-state index is 0.0380. The van der Waals surface area contributed by atoms with Crippen LogP contribution in [0.1, 0.15) is 0 Å². The number of carbonyl (C=O) groups is 1. The van der Waals surface area contributed by atoms with E-state index in [2.05, 4.69) is 5.32 Å². The number of rotatable bonds is 5. The SMILES string of the molecule is COc1cc(OC)c(NCC(=O)N(C)C)cc1Cl. The van der Waals surface area contributed by atoms with Crippen LogP contribution in [0.5, 0.6) is 11.5 Å². The Morgan fingerprint density at radius 3 is 2.39 bits per heavy atom. The fourth-order valence-corrected chi connectivity index (χ4v) is 1.57. The summed E-state index contributed by atoms with van der Waals surface area (Å²) in [6.07, 6.45) is 0. The average molecular weight is 273 g/mol. The molecule has 18 heavy (non-hydrogen) atoms. The second-order valence-electron chi connectivity index (χ2n) is 3.83. The number of benzene rings is 1. The summed E-state index contributed by atoms with van der Waals surface area (Å²) < 4.78 is 10.3. The van der Waals surface area contributed by atoms with Crippen molar-refractivity contribution in [2.45, 2.75) is 0 Å². The van der Waals surface area contributed by atoms with E-state index in [0.29, 0.717) is 22.2 Å². The lowest BCUT2D eigenvalue weighted by Gasteiger charge is -2.15. The van der Waals surface area contributed by atoms with Crippen LogP contribution in [0.15, 0.2) is 12.1 Å². The third-order valence-corrected chi connectivity index (χ3v) is 2.70. The van der Waals surface area contributed by atoms with E-state index >= 15 is 0 Å². The van der Waals surface area contributed by atoms with Crippen molar-refractivity contribution in [3.05, 3.63) is 17.2 Å². The zero-order valence-corrected chi connectivity index (χ0v) is 11.7. The van der Waals surface area contributed by atoms with Crippen LogP contribution in [0.3, 0.4) is 0 Å². The summed E-state index contributed by atoms with van der Waals surface area (Å²) in [4.78, 5) is 13.0. The van der Waals surface area contributed by atoms with Gasteiger partial charge in [-0.1, -0.05) is 11.6 Å². The van der Waals surface area contributed by atoms with Gasteiger partial charge in [0.25, 0.3) is 0 Å². The summed E-state index contributed by atoms with van der Waals surface area (Å²) in [6, 6.07) is 3.34. The molecule has 0 aromatic heterocycles. The highest BCUT2D eigenvalue weighted by Gasteiger charge is 2.11. The van der Waals surface area contributed by atoms with Gasteiger partial charge in [-0.25, -0.2) is 0 Å². The molecule has 0 aliphatic rings. The predicted molar refractivity (Wildman–Crippen MR) is 71.7 cm³/mol. The molecule has 100 valence electrons. The van der Waals surface area contributed by atoms with Gasteiger partial charge in [0.2, 0.25) is 5.91 Å². The monoisotopic (exact) mass is 272 g/mol. The number of hydrogen-bond acceptors (Lipinski definition) is 4. The van der Waals surface area contributed by atoms with Crippen molar-refractivity contribution >= 4 is 23.2 Å². The highest BCUT2D eigenvalue weighted by molar-refractivity contribution is 6.32. The van der Waals surface area contributed by atoms with Gasteiger partial charge < -0.3 is 19.7 Å². The minimum atomic E-state index is -0.0380. The Hall–Kier alpha value is -1.62. The fourth-order valence-electron chi connectivity index (χ4n) is 1.33. The molecule has 6 heteroatoms. The molecule has 0 saturated carbocycles. The lowest BCUT2D eigenvalue weighted by molar-refractivity contribution is -0.126. The van der Waals surface area contributed by atoms with Gasteiger partial charge >= 0.3 is 0 Å². The molecule has 1 amide bonds. The molecule has 0 aliphatic heterocycles. The van der Waals surface area contributed by atoms with Crippen LogP contribution < -0.4 is 14.8 Å². The molecule has 1 aromatic rings. The number of hydrogen-bond donors (Lipinski definition) is 1. The molecule has 0 atom stereocenters. The lowest BCUT2D eigenvalue weighted by Crippen LogP contribution is -2.28. The van der Waals surface area contributed by atoms with Crippen molar-refractivity contribution in [2.75, 3.05) is 40.2 Å². The van der Waals surface area contributed by atoms with Crippen LogP contribution in [0.2, 0.25) is 5.02 Å². The Morgan fingerprint density at radius 2 is 1.89 bits per heavy atom. The summed E-state index contributed by atoms with van der Waals surface area (Å²) in [6.45, 7) is 0.173. The first kappa shape index (κ1) is 14.4. The molecule has 0 radical (unpaired) electrons. The normalized spacial score (nSPS) is 9.83. The van der Waals surface area contributed by atoms with E-state index < -0.39 is 0 Å². The van der Waals surface area contributed by atoms with Crippen molar-refractivity contribution in [3.8, 4) is 11.5 Å². The van der Waals surface area contributed by atoms with Crippen molar-refractivity contribution in [2.24, 2.45) is 0 Å². The summed E-state index contributed by atoms with van der Waals surface area (Å²) >= 11 is 6.02.